The number of carbonyl (C=O) groups is 2. The first-order chi connectivity index (χ1) is 13.9. The minimum Gasteiger partial charge on any atom is -0.489 e. The van der Waals surface area contributed by atoms with Crippen molar-refractivity contribution in [1.29, 1.82) is 0 Å². The Morgan fingerprint density at radius 2 is 1.83 bits per heavy atom. The van der Waals surface area contributed by atoms with E-state index >= 15 is 0 Å². The first-order valence-corrected chi connectivity index (χ1v) is 9.99. The van der Waals surface area contributed by atoms with Gasteiger partial charge in [-0.2, -0.15) is 0 Å². The molecule has 1 aliphatic heterocycles. The van der Waals surface area contributed by atoms with Gasteiger partial charge in [-0.3, -0.25) is 9.59 Å². The lowest BCUT2D eigenvalue weighted by Gasteiger charge is -2.33. The van der Waals surface area contributed by atoms with Crippen LogP contribution in [0, 0.1) is 11.7 Å². The summed E-state index contributed by atoms with van der Waals surface area (Å²) < 4.78 is 18.7. The Kier molecular flexibility index (Phi) is 6.86. The summed E-state index contributed by atoms with van der Waals surface area (Å²) in [7, 11) is 0. The highest BCUT2D eigenvalue weighted by molar-refractivity contribution is 5.94. The van der Waals surface area contributed by atoms with Crippen LogP contribution in [-0.4, -0.2) is 35.8 Å². The third-order valence-electron chi connectivity index (χ3n) is 5.05. The summed E-state index contributed by atoms with van der Waals surface area (Å²) >= 11 is 0. The van der Waals surface area contributed by atoms with Crippen LogP contribution in [0.25, 0.3) is 0 Å². The molecule has 0 bridgehead atoms. The highest BCUT2D eigenvalue weighted by atomic mass is 19.1. The number of benzene rings is 2. The number of likely N-dealkylation sites (tertiary alicyclic amines) is 1. The van der Waals surface area contributed by atoms with Crippen LogP contribution in [0.2, 0.25) is 0 Å². The molecule has 1 aliphatic rings. The fraction of sp³-hybridized carbons (Fsp3) is 0.391. The molecule has 5 nitrogen and oxygen atoms in total. The van der Waals surface area contributed by atoms with E-state index in [9.17, 15) is 14.0 Å². The van der Waals surface area contributed by atoms with Crippen LogP contribution in [-0.2, 0) is 11.4 Å². The Hall–Kier alpha value is -2.89. The maximum absolute atomic E-state index is 13.0. The molecule has 0 saturated carbocycles. The van der Waals surface area contributed by atoms with Crippen LogP contribution in [0.1, 0.15) is 42.6 Å². The topological polar surface area (TPSA) is 58.6 Å². The number of piperidine rings is 1. The van der Waals surface area contributed by atoms with Crippen molar-refractivity contribution >= 4 is 11.8 Å². The van der Waals surface area contributed by atoms with E-state index in [4.69, 9.17) is 4.74 Å². The van der Waals surface area contributed by atoms with Crippen LogP contribution >= 0.6 is 0 Å². The van der Waals surface area contributed by atoms with Gasteiger partial charge >= 0.3 is 0 Å². The molecule has 0 spiro atoms. The lowest BCUT2D eigenvalue weighted by molar-refractivity contribution is -0.135. The Balaban J connectivity index is 1.52. The van der Waals surface area contributed by atoms with Crippen molar-refractivity contribution in [1.82, 2.24) is 10.2 Å². The fourth-order valence-electron chi connectivity index (χ4n) is 3.35. The van der Waals surface area contributed by atoms with Gasteiger partial charge < -0.3 is 15.0 Å². The predicted molar refractivity (Wildman–Crippen MR) is 109 cm³/mol. The zero-order valence-electron chi connectivity index (χ0n) is 16.9. The van der Waals surface area contributed by atoms with Gasteiger partial charge in [0.25, 0.3) is 5.91 Å². The van der Waals surface area contributed by atoms with Gasteiger partial charge in [-0.15, -0.1) is 0 Å². The van der Waals surface area contributed by atoms with Crippen molar-refractivity contribution in [3.05, 3.63) is 65.5 Å². The van der Waals surface area contributed by atoms with Gasteiger partial charge in [0.15, 0.2) is 0 Å². The second-order valence-electron chi connectivity index (χ2n) is 7.67. The number of ether oxygens (including phenoxy) is 1. The van der Waals surface area contributed by atoms with E-state index in [1.165, 1.54) is 12.1 Å². The molecule has 2 aromatic carbocycles. The Morgan fingerprint density at radius 1 is 1.14 bits per heavy atom. The van der Waals surface area contributed by atoms with Gasteiger partial charge in [0.2, 0.25) is 5.91 Å². The molecule has 0 atom stereocenters. The van der Waals surface area contributed by atoms with Crippen LogP contribution in [0.4, 0.5) is 4.39 Å². The van der Waals surface area contributed by atoms with E-state index in [-0.39, 0.29) is 29.6 Å². The third-order valence-corrected chi connectivity index (χ3v) is 5.05. The molecule has 154 valence electrons. The average molecular weight is 398 g/mol. The summed E-state index contributed by atoms with van der Waals surface area (Å²) in [5, 5.41) is 3.06. The van der Waals surface area contributed by atoms with Gasteiger partial charge in [0.05, 0.1) is 0 Å². The number of carbonyl (C=O) groups excluding carboxylic acids is 2. The summed E-state index contributed by atoms with van der Waals surface area (Å²) in [6.07, 6.45) is 1.51. The number of hydrogen-bond acceptors (Lipinski definition) is 3. The summed E-state index contributed by atoms with van der Waals surface area (Å²) in [4.78, 5) is 26.6. The van der Waals surface area contributed by atoms with E-state index in [2.05, 4.69) is 5.32 Å². The van der Waals surface area contributed by atoms with E-state index in [0.717, 1.165) is 18.4 Å². The molecule has 2 amide bonds. The minimum absolute atomic E-state index is 0.00112. The number of nitrogens with one attached hydrogen (secondary N) is 1. The Labute approximate surface area is 170 Å². The SMILES string of the molecule is CC(C)C(=O)N1CCC(NC(=O)c2cccc(OCc3ccc(F)cc3)c2)CC1. The normalized spacial score (nSPS) is 14.7. The summed E-state index contributed by atoms with van der Waals surface area (Å²) in [6.45, 7) is 5.45. The largest absolute Gasteiger partial charge is 0.489 e. The van der Waals surface area contributed by atoms with Gasteiger partial charge in [0.1, 0.15) is 18.2 Å². The number of nitrogens with zero attached hydrogens (tertiary/aromatic N) is 1. The smallest absolute Gasteiger partial charge is 0.251 e. The molecule has 29 heavy (non-hydrogen) atoms. The monoisotopic (exact) mass is 398 g/mol. The number of amides is 2. The molecule has 6 heteroatoms. The average Bonchev–Trinajstić information content (AvgIpc) is 2.73. The summed E-state index contributed by atoms with van der Waals surface area (Å²) in [6, 6.07) is 13.2. The van der Waals surface area contributed by atoms with Crippen molar-refractivity contribution in [3.63, 3.8) is 0 Å². The van der Waals surface area contributed by atoms with Crippen LogP contribution < -0.4 is 10.1 Å². The molecule has 1 N–H and O–H groups in total. The highest BCUT2D eigenvalue weighted by Gasteiger charge is 2.25. The van der Waals surface area contributed by atoms with Crippen molar-refractivity contribution in [2.75, 3.05) is 13.1 Å². The second-order valence-corrected chi connectivity index (χ2v) is 7.67. The molecule has 0 radical (unpaired) electrons. The summed E-state index contributed by atoms with van der Waals surface area (Å²) in [5.41, 5.74) is 1.38. The standard InChI is InChI=1S/C23H27FN2O3/c1-16(2)23(28)26-12-10-20(11-13-26)25-22(27)18-4-3-5-21(14-18)29-15-17-6-8-19(24)9-7-17/h3-9,14,16,20H,10-13,15H2,1-2H3,(H,25,27). The molecule has 0 aliphatic carbocycles. The first-order valence-electron chi connectivity index (χ1n) is 9.99. The number of hydrogen-bond donors (Lipinski definition) is 1. The molecule has 3 rings (SSSR count). The van der Waals surface area contributed by atoms with E-state index in [1.54, 1.807) is 36.4 Å². The van der Waals surface area contributed by atoms with Crippen molar-refractivity contribution in [3.8, 4) is 5.75 Å². The zero-order valence-corrected chi connectivity index (χ0v) is 16.9. The highest BCUT2D eigenvalue weighted by Crippen LogP contribution is 2.17. The Bertz CT molecular complexity index is 843. The minimum atomic E-state index is -0.285. The fourth-order valence-corrected chi connectivity index (χ4v) is 3.35. The number of rotatable bonds is 6. The van der Waals surface area contributed by atoms with Crippen molar-refractivity contribution in [2.24, 2.45) is 5.92 Å². The molecular weight excluding hydrogens is 371 g/mol. The quantitative estimate of drug-likeness (QED) is 0.806. The molecule has 0 aromatic heterocycles. The van der Waals surface area contributed by atoms with E-state index in [0.29, 0.717) is 31.0 Å². The molecule has 2 aromatic rings. The molecule has 1 heterocycles. The Morgan fingerprint density at radius 3 is 2.48 bits per heavy atom. The lowest BCUT2D eigenvalue weighted by atomic mass is 10.0. The van der Waals surface area contributed by atoms with Crippen molar-refractivity contribution in [2.45, 2.75) is 39.3 Å². The zero-order chi connectivity index (χ0) is 20.8. The predicted octanol–water partition coefficient (Wildman–Crippen LogP) is 3.78. The third kappa shape index (κ3) is 5.79. The lowest BCUT2D eigenvalue weighted by Crippen LogP contribution is -2.47. The van der Waals surface area contributed by atoms with Gasteiger partial charge in [-0.05, 0) is 48.7 Å². The van der Waals surface area contributed by atoms with E-state index < -0.39 is 0 Å². The van der Waals surface area contributed by atoms with Crippen LogP contribution in [0.15, 0.2) is 48.5 Å². The molecule has 0 unspecified atom stereocenters. The second kappa shape index (κ2) is 9.54. The maximum atomic E-state index is 13.0. The molecule has 1 saturated heterocycles. The first kappa shape index (κ1) is 20.8. The van der Waals surface area contributed by atoms with Crippen molar-refractivity contribution < 1.29 is 18.7 Å². The van der Waals surface area contributed by atoms with Crippen LogP contribution in [0.5, 0.6) is 5.75 Å². The molecule has 1 fully saturated rings. The van der Waals surface area contributed by atoms with Gasteiger partial charge in [-0.1, -0.05) is 32.0 Å². The molecular formula is C23H27FN2O3. The van der Waals surface area contributed by atoms with Crippen LogP contribution in [0.3, 0.4) is 0 Å². The summed E-state index contributed by atoms with van der Waals surface area (Å²) in [5.74, 6) is 0.316. The maximum Gasteiger partial charge on any atom is 0.251 e. The van der Waals surface area contributed by atoms with Gasteiger partial charge in [0, 0.05) is 30.6 Å². The van der Waals surface area contributed by atoms with Gasteiger partial charge in [-0.25, -0.2) is 4.39 Å². The van der Waals surface area contributed by atoms with E-state index in [1.807, 2.05) is 18.7 Å². The number of halogens is 1.